The minimum atomic E-state index is -0.635. The van der Waals surface area contributed by atoms with Crippen LogP contribution in [-0.2, 0) is 15.9 Å². The van der Waals surface area contributed by atoms with E-state index in [0.29, 0.717) is 31.6 Å². The van der Waals surface area contributed by atoms with Crippen LogP contribution in [0.15, 0.2) is 6.08 Å². The number of aliphatic hydroxyl groups is 1. The zero-order valence-electron chi connectivity index (χ0n) is 16.4. The molecule has 0 bridgehead atoms. The largest absolute Gasteiger partial charge is 0.465 e. The number of pyridine rings is 1. The summed E-state index contributed by atoms with van der Waals surface area (Å²) in [6.45, 7) is 9.50. The van der Waals surface area contributed by atoms with Gasteiger partial charge in [0.15, 0.2) is 0 Å². The van der Waals surface area contributed by atoms with E-state index in [9.17, 15) is 9.90 Å². The van der Waals surface area contributed by atoms with Gasteiger partial charge in [0, 0.05) is 16.8 Å². The Morgan fingerprint density at radius 1 is 1.42 bits per heavy atom. The summed E-state index contributed by atoms with van der Waals surface area (Å²) in [4.78, 5) is 17.6. The van der Waals surface area contributed by atoms with Crippen molar-refractivity contribution in [2.75, 3.05) is 20.3 Å². The maximum absolute atomic E-state index is 12.7. The monoisotopic (exact) mass is 359 g/mol. The molecule has 26 heavy (non-hydrogen) atoms. The van der Waals surface area contributed by atoms with Crippen LogP contribution in [0.3, 0.4) is 0 Å². The Morgan fingerprint density at radius 3 is 2.73 bits per heavy atom. The summed E-state index contributed by atoms with van der Waals surface area (Å²) in [5.74, 6) is -0.306. The van der Waals surface area contributed by atoms with Crippen LogP contribution in [0.25, 0.3) is 5.57 Å². The molecule has 2 aliphatic rings. The number of nitrogens with zero attached hydrogens (tertiary/aromatic N) is 1. The van der Waals surface area contributed by atoms with Crippen LogP contribution >= 0.6 is 0 Å². The van der Waals surface area contributed by atoms with Gasteiger partial charge in [0.1, 0.15) is 0 Å². The molecule has 5 nitrogen and oxygen atoms in total. The highest BCUT2D eigenvalue weighted by Gasteiger charge is 2.38. The first-order chi connectivity index (χ1) is 12.2. The molecule has 0 fully saturated rings. The van der Waals surface area contributed by atoms with Crippen molar-refractivity contribution >= 4 is 11.5 Å². The number of methoxy groups -OCH3 is 1. The van der Waals surface area contributed by atoms with Crippen LogP contribution < -0.4 is 0 Å². The van der Waals surface area contributed by atoms with Gasteiger partial charge in [-0.05, 0) is 36.2 Å². The van der Waals surface area contributed by atoms with Gasteiger partial charge in [0.2, 0.25) is 0 Å². The summed E-state index contributed by atoms with van der Waals surface area (Å²) in [7, 11) is 1.40. The molecule has 0 unspecified atom stereocenters. The Balaban J connectivity index is 2.35. The normalized spacial score (nSPS) is 22.0. The Labute approximate surface area is 155 Å². The topological polar surface area (TPSA) is 68.7 Å². The van der Waals surface area contributed by atoms with Gasteiger partial charge in [0.05, 0.1) is 37.7 Å². The van der Waals surface area contributed by atoms with Crippen LogP contribution in [0.1, 0.15) is 85.4 Å². The van der Waals surface area contributed by atoms with Gasteiger partial charge in [-0.3, -0.25) is 4.98 Å². The third-order valence-electron chi connectivity index (χ3n) is 5.29. The van der Waals surface area contributed by atoms with Gasteiger partial charge in [0.25, 0.3) is 0 Å². The molecule has 0 saturated heterocycles. The standard InChI is InChI=1S/C21H29NO4/c1-12(2)19-18(20(24)25-5)16(13-6-8-26-9-7-13)17-14(22-19)10-21(3,4)11-15(17)23/h6,12,15,23H,7-11H2,1-5H3/t15-/m1/s1. The lowest BCUT2D eigenvalue weighted by atomic mass is 9.71. The predicted octanol–water partition coefficient (Wildman–Crippen LogP) is 3.80. The Bertz CT molecular complexity index is 749. The molecule has 0 radical (unpaired) electrons. The van der Waals surface area contributed by atoms with Gasteiger partial charge in [-0.1, -0.05) is 33.8 Å². The third-order valence-corrected chi connectivity index (χ3v) is 5.29. The zero-order chi connectivity index (χ0) is 19.1. The van der Waals surface area contributed by atoms with Crippen molar-refractivity contribution in [2.45, 2.75) is 59.0 Å². The van der Waals surface area contributed by atoms with Gasteiger partial charge in [-0.25, -0.2) is 4.79 Å². The van der Waals surface area contributed by atoms with Crippen LogP contribution in [0.5, 0.6) is 0 Å². The Morgan fingerprint density at radius 2 is 2.15 bits per heavy atom. The number of esters is 1. The number of hydrogen-bond acceptors (Lipinski definition) is 5. The molecule has 0 amide bonds. The van der Waals surface area contributed by atoms with Gasteiger partial charge in [-0.15, -0.1) is 0 Å². The second-order valence-corrected chi connectivity index (χ2v) is 8.37. The molecule has 1 aromatic heterocycles. The van der Waals surface area contributed by atoms with E-state index in [2.05, 4.69) is 13.8 Å². The fourth-order valence-corrected chi connectivity index (χ4v) is 4.13. The van der Waals surface area contributed by atoms with Crippen LogP contribution in [0, 0.1) is 5.41 Å². The quantitative estimate of drug-likeness (QED) is 0.832. The molecule has 0 aromatic carbocycles. The van der Waals surface area contributed by atoms with Crippen LogP contribution in [0.4, 0.5) is 0 Å². The lowest BCUT2D eigenvalue weighted by molar-refractivity contribution is 0.0596. The Hall–Kier alpha value is -1.72. The highest BCUT2D eigenvalue weighted by Crippen LogP contribution is 2.45. The zero-order valence-corrected chi connectivity index (χ0v) is 16.4. The number of aromatic nitrogens is 1. The summed E-state index contributed by atoms with van der Waals surface area (Å²) in [6.07, 6.45) is 3.54. The number of carbonyl (C=O) groups is 1. The van der Waals surface area contributed by atoms with Crippen molar-refractivity contribution in [2.24, 2.45) is 5.41 Å². The first kappa shape index (κ1) is 19.1. The van der Waals surface area contributed by atoms with Crippen molar-refractivity contribution in [3.8, 4) is 0 Å². The SMILES string of the molecule is COC(=O)c1c(C(C)C)nc2c(c1C1=CCOCC1)[C@H](O)CC(C)(C)C2. The van der Waals surface area contributed by atoms with E-state index in [1.54, 1.807) is 0 Å². The molecular weight excluding hydrogens is 330 g/mol. The number of aliphatic hydroxyl groups excluding tert-OH is 1. The van der Waals surface area contributed by atoms with Crippen LogP contribution in [0.2, 0.25) is 0 Å². The molecule has 1 N–H and O–H groups in total. The molecule has 1 aliphatic heterocycles. The van der Waals surface area contributed by atoms with Crippen molar-refractivity contribution in [1.29, 1.82) is 0 Å². The van der Waals surface area contributed by atoms with Gasteiger partial charge < -0.3 is 14.6 Å². The summed E-state index contributed by atoms with van der Waals surface area (Å²) in [5.41, 5.74) is 4.83. The van der Waals surface area contributed by atoms with Crippen molar-refractivity contribution < 1.29 is 19.4 Å². The maximum atomic E-state index is 12.7. The van der Waals surface area contributed by atoms with Crippen LogP contribution in [-0.4, -0.2) is 36.4 Å². The van der Waals surface area contributed by atoms with Gasteiger partial charge >= 0.3 is 5.97 Å². The van der Waals surface area contributed by atoms with E-state index in [1.165, 1.54) is 7.11 Å². The molecule has 0 spiro atoms. The fraction of sp³-hybridized carbons (Fsp3) is 0.619. The first-order valence-electron chi connectivity index (χ1n) is 9.35. The summed E-state index contributed by atoms with van der Waals surface area (Å²) >= 11 is 0. The predicted molar refractivity (Wildman–Crippen MR) is 100 cm³/mol. The number of hydrogen-bond donors (Lipinski definition) is 1. The van der Waals surface area contributed by atoms with E-state index in [1.807, 2.05) is 19.9 Å². The lowest BCUT2D eigenvalue weighted by Crippen LogP contribution is -2.30. The maximum Gasteiger partial charge on any atom is 0.340 e. The molecule has 142 valence electrons. The summed E-state index contributed by atoms with van der Waals surface area (Å²) in [6, 6.07) is 0. The summed E-state index contributed by atoms with van der Waals surface area (Å²) in [5, 5.41) is 11.0. The number of fused-ring (bicyclic) bond motifs is 1. The third kappa shape index (κ3) is 3.42. The number of rotatable bonds is 3. The van der Waals surface area contributed by atoms with E-state index >= 15 is 0 Å². The molecule has 1 atom stereocenters. The highest BCUT2D eigenvalue weighted by atomic mass is 16.5. The first-order valence-corrected chi connectivity index (χ1v) is 9.35. The van der Waals surface area contributed by atoms with Gasteiger partial charge in [-0.2, -0.15) is 0 Å². The van der Waals surface area contributed by atoms with E-state index < -0.39 is 6.10 Å². The average Bonchev–Trinajstić information content (AvgIpc) is 2.59. The fourth-order valence-electron chi connectivity index (χ4n) is 4.13. The second-order valence-electron chi connectivity index (χ2n) is 8.37. The minimum absolute atomic E-state index is 0.0260. The number of carbonyl (C=O) groups excluding carboxylic acids is 1. The average molecular weight is 359 g/mol. The molecular formula is C21H29NO4. The highest BCUT2D eigenvalue weighted by molar-refractivity contribution is 5.98. The summed E-state index contributed by atoms with van der Waals surface area (Å²) < 4.78 is 10.6. The van der Waals surface area contributed by atoms with Crippen molar-refractivity contribution in [1.82, 2.24) is 4.98 Å². The second kappa shape index (κ2) is 7.12. The molecule has 5 heteroatoms. The number of ether oxygens (including phenoxy) is 2. The van der Waals surface area contributed by atoms with E-state index in [-0.39, 0.29) is 17.3 Å². The van der Waals surface area contributed by atoms with Crippen molar-refractivity contribution in [3.05, 3.63) is 34.2 Å². The molecule has 1 aromatic rings. The minimum Gasteiger partial charge on any atom is -0.465 e. The van der Waals surface area contributed by atoms with E-state index in [0.717, 1.165) is 34.5 Å². The lowest BCUT2D eigenvalue weighted by Gasteiger charge is -2.37. The smallest absolute Gasteiger partial charge is 0.340 e. The molecule has 2 heterocycles. The molecule has 3 rings (SSSR count). The molecule has 1 aliphatic carbocycles. The Kier molecular flexibility index (Phi) is 5.22. The molecule has 0 saturated carbocycles. The van der Waals surface area contributed by atoms with Crippen molar-refractivity contribution in [3.63, 3.8) is 0 Å². The van der Waals surface area contributed by atoms with E-state index in [4.69, 9.17) is 14.5 Å².